The Kier molecular flexibility index (Phi) is 3.57. The van der Waals surface area contributed by atoms with Crippen molar-refractivity contribution in [3.05, 3.63) is 22.2 Å². The molecule has 104 valence electrons. The minimum Gasteiger partial charge on any atom is -0.399 e. The predicted octanol–water partition coefficient (Wildman–Crippen LogP) is 4.81. The number of benzene rings is 1. The zero-order valence-corrected chi connectivity index (χ0v) is 12.6. The molecule has 2 nitrogen and oxygen atoms in total. The fourth-order valence-electron chi connectivity index (χ4n) is 3.97. The molecule has 3 N–H and O–H groups in total. The van der Waals surface area contributed by atoms with Gasteiger partial charge >= 0.3 is 0 Å². The summed E-state index contributed by atoms with van der Waals surface area (Å²) in [4.78, 5) is 0. The van der Waals surface area contributed by atoms with Gasteiger partial charge in [0.1, 0.15) is 0 Å². The van der Waals surface area contributed by atoms with Crippen LogP contribution in [0.5, 0.6) is 0 Å². The first-order valence-electron chi connectivity index (χ1n) is 7.05. The minimum atomic E-state index is 0.411. The number of nitrogens with one attached hydrogen (secondary N) is 1. The highest BCUT2D eigenvalue weighted by molar-refractivity contribution is 6.39. The first-order valence-corrected chi connectivity index (χ1v) is 7.81. The van der Waals surface area contributed by atoms with Gasteiger partial charge in [0.05, 0.1) is 15.7 Å². The van der Waals surface area contributed by atoms with Gasteiger partial charge in [-0.05, 0) is 56.1 Å². The molecule has 1 aromatic carbocycles. The molecule has 0 spiro atoms. The fraction of sp³-hybridized carbons (Fsp3) is 0.600. The highest BCUT2D eigenvalue weighted by Crippen LogP contribution is 2.50. The molecule has 0 radical (unpaired) electrons. The van der Waals surface area contributed by atoms with Crippen molar-refractivity contribution in [1.29, 1.82) is 0 Å². The van der Waals surface area contributed by atoms with Gasteiger partial charge in [-0.25, -0.2) is 0 Å². The first-order chi connectivity index (χ1) is 9.04. The van der Waals surface area contributed by atoms with Crippen LogP contribution in [0.2, 0.25) is 10.0 Å². The van der Waals surface area contributed by atoms with E-state index in [-0.39, 0.29) is 0 Å². The Balaban J connectivity index is 1.75. The summed E-state index contributed by atoms with van der Waals surface area (Å²) >= 11 is 12.5. The predicted molar refractivity (Wildman–Crippen MR) is 82.9 cm³/mol. The van der Waals surface area contributed by atoms with E-state index in [1.165, 1.54) is 25.7 Å². The maximum atomic E-state index is 6.24. The number of hydrogen-bond donors (Lipinski definition) is 2. The van der Waals surface area contributed by atoms with Gasteiger partial charge < -0.3 is 11.1 Å². The minimum absolute atomic E-state index is 0.411. The lowest BCUT2D eigenvalue weighted by molar-refractivity contribution is 0.304. The highest BCUT2D eigenvalue weighted by atomic mass is 35.5. The van der Waals surface area contributed by atoms with Crippen LogP contribution in [-0.4, -0.2) is 6.04 Å². The van der Waals surface area contributed by atoms with Crippen LogP contribution < -0.4 is 11.1 Å². The number of fused-ring (bicyclic) bond motifs is 2. The molecule has 0 saturated heterocycles. The Bertz CT molecular complexity index is 466. The van der Waals surface area contributed by atoms with E-state index >= 15 is 0 Å². The second-order valence-electron chi connectivity index (χ2n) is 6.13. The maximum Gasteiger partial charge on any atom is 0.0722 e. The number of hydrogen-bond acceptors (Lipinski definition) is 2. The molecule has 2 aliphatic carbocycles. The van der Waals surface area contributed by atoms with Crippen LogP contribution in [0.15, 0.2) is 12.1 Å². The summed E-state index contributed by atoms with van der Waals surface area (Å²) in [5, 5.41) is 4.74. The molecule has 3 rings (SSSR count). The van der Waals surface area contributed by atoms with Gasteiger partial charge in [0.15, 0.2) is 0 Å². The molecule has 1 aromatic rings. The molecule has 4 atom stereocenters. The Labute approximate surface area is 124 Å². The van der Waals surface area contributed by atoms with Crippen molar-refractivity contribution in [2.75, 3.05) is 11.1 Å². The standard InChI is InChI=1S/C15H20Cl2N2/c1-8(12-5-9-2-3-10(12)4-9)19-15-13(16)6-11(18)7-14(15)17/h6-10,12,19H,2-5,18H2,1H3. The van der Waals surface area contributed by atoms with E-state index in [4.69, 9.17) is 28.9 Å². The van der Waals surface area contributed by atoms with Crippen LogP contribution in [0.3, 0.4) is 0 Å². The van der Waals surface area contributed by atoms with Crippen LogP contribution in [0.25, 0.3) is 0 Å². The SMILES string of the molecule is CC(Nc1c(Cl)cc(N)cc1Cl)C1CC2CCC1C2. The van der Waals surface area contributed by atoms with Crippen molar-refractivity contribution in [2.24, 2.45) is 17.8 Å². The van der Waals surface area contributed by atoms with E-state index in [1.54, 1.807) is 12.1 Å². The van der Waals surface area contributed by atoms with Gasteiger partial charge in [0.2, 0.25) is 0 Å². The molecule has 2 fully saturated rings. The largest absolute Gasteiger partial charge is 0.399 e. The molecule has 0 heterocycles. The van der Waals surface area contributed by atoms with Crippen molar-refractivity contribution in [1.82, 2.24) is 0 Å². The van der Waals surface area contributed by atoms with Gasteiger partial charge in [-0.15, -0.1) is 0 Å². The fourth-order valence-corrected chi connectivity index (χ4v) is 4.58. The monoisotopic (exact) mass is 298 g/mol. The second-order valence-corrected chi connectivity index (χ2v) is 6.95. The average molecular weight is 299 g/mol. The summed E-state index contributed by atoms with van der Waals surface area (Å²) in [7, 11) is 0. The third-order valence-electron chi connectivity index (χ3n) is 4.87. The molecular weight excluding hydrogens is 279 g/mol. The van der Waals surface area contributed by atoms with E-state index in [2.05, 4.69) is 12.2 Å². The van der Waals surface area contributed by atoms with Crippen LogP contribution in [0, 0.1) is 17.8 Å². The lowest BCUT2D eigenvalue weighted by Crippen LogP contribution is -2.30. The zero-order valence-electron chi connectivity index (χ0n) is 11.1. The summed E-state index contributed by atoms with van der Waals surface area (Å²) in [6, 6.07) is 3.92. The van der Waals surface area contributed by atoms with Crippen molar-refractivity contribution >= 4 is 34.6 Å². The van der Waals surface area contributed by atoms with Crippen LogP contribution in [-0.2, 0) is 0 Å². The molecule has 2 aliphatic rings. The Morgan fingerprint density at radius 2 is 1.89 bits per heavy atom. The highest BCUT2D eigenvalue weighted by Gasteiger charge is 2.41. The molecule has 0 aliphatic heterocycles. The van der Waals surface area contributed by atoms with Crippen molar-refractivity contribution < 1.29 is 0 Å². The van der Waals surface area contributed by atoms with Gasteiger partial charge in [0, 0.05) is 11.7 Å². The van der Waals surface area contributed by atoms with Crippen molar-refractivity contribution in [3.8, 4) is 0 Å². The van der Waals surface area contributed by atoms with E-state index in [1.807, 2.05) is 0 Å². The quantitative estimate of drug-likeness (QED) is 0.786. The third-order valence-corrected chi connectivity index (χ3v) is 5.47. The molecular formula is C15H20Cl2N2. The summed E-state index contributed by atoms with van der Waals surface area (Å²) in [6.45, 7) is 2.24. The molecule has 0 amide bonds. The molecule has 4 unspecified atom stereocenters. The van der Waals surface area contributed by atoms with Crippen molar-refractivity contribution in [2.45, 2.75) is 38.6 Å². The van der Waals surface area contributed by atoms with E-state index in [0.717, 1.165) is 23.4 Å². The summed E-state index contributed by atoms with van der Waals surface area (Å²) in [5.74, 6) is 2.60. The van der Waals surface area contributed by atoms with Crippen LogP contribution in [0.4, 0.5) is 11.4 Å². The smallest absolute Gasteiger partial charge is 0.0722 e. The topological polar surface area (TPSA) is 38.0 Å². The van der Waals surface area contributed by atoms with E-state index in [9.17, 15) is 0 Å². The van der Waals surface area contributed by atoms with Gasteiger partial charge in [-0.3, -0.25) is 0 Å². The second kappa shape index (κ2) is 5.06. The number of rotatable bonds is 3. The Morgan fingerprint density at radius 3 is 2.42 bits per heavy atom. The Morgan fingerprint density at radius 1 is 1.21 bits per heavy atom. The van der Waals surface area contributed by atoms with Gasteiger partial charge in [-0.1, -0.05) is 29.6 Å². The normalized spacial score (nSPS) is 30.6. The van der Waals surface area contributed by atoms with E-state index in [0.29, 0.717) is 21.8 Å². The number of anilines is 2. The first kappa shape index (κ1) is 13.4. The number of nitrogen functional groups attached to an aromatic ring is 1. The van der Waals surface area contributed by atoms with Gasteiger partial charge in [0.25, 0.3) is 0 Å². The number of nitrogens with two attached hydrogens (primary N) is 1. The lowest BCUT2D eigenvalue weighted by atomic mass is 9.84. The van der Waals surface area contributed by atoms with Crippen LogP contribution >= 0.6 is 23.2 Å². The van der Waals surface area contributed by atoms with Gasteiger partial charge in [-0.2, -0.15) is 0 Å². The molecule has 19 heavy (non-hydrogen) atoms. The van der Waals surface area contributed by atoms with Crippen LogP contribution in [0.1, 0.15) is 32.6 Å². The molecule has 0 aromatic heterocycles. The molecule has 2 saturated carbocycles. The molecule has 4 heteroatoms. The Hall–Kier alpha value is -0.600. The summed E-state index contributed by atoms with van der Waals surface area (Å²) < 4.78 is 0. The molecule has 2 bridgehead atoms. The third kappa shape index (κ3) is 2.53. The lowest BCUT2D eigenvalue weighted by Gasteiger charge is -2.30. The van der Waals surface area contributed by atoms with Crippen molar-refractivity contribution in [3.63, 3.8) is 0 Å². The van der Waals surface area contributed by atoms with E-state index < -0.39 is 0 Å². The number of halogens is 2. The summed E-state index contributed by atoms with van der Waals surface area (Å²) in [5.41, 5.74) is 7.17. The zero-order chi connectivity index (χ0) is 13.6. The maximum absolute atomic E-state index is 6.24. The summed E-state index contributed by atoms with van der Waals surface area (Å²) in [6.07, 6.45) is 5.59. The average Bonchev–Trinajstić information content (AvgIpc) is 2.95.